The molecule has 3 nitrogen and oxygen atoms in total. The second-order valence-electron chi connectivity index (χ2n) is 10.5. The van der Waals surface area contributed by atoms with Crippen molar-refractivity contribution in [2.45, 2.75) is 124 Å². The van der Waals surface area contributed by atoms with Crippen LogP contribution in [0.25, 0.3) is 10.8 Å². The van der Waals surface area contributed by atoms with E-state index in [0.717, 1.165) is 35.6 Å². The SMILES string of the molecule is CCCCCCCCCCCCCCCC(=O)Oc1ccc2cc(C(=O)CCC(C)C)ccc2c1. The highest BCUT2D eigenvalue weighted by Gasteiger charge is 2.10. The molecule has 0 atom stereocenters. The van der Waals surface area contributed by atoms with Crippen LogP contribution in [-0.4, -0.2) is 11.8 Å². The summed E-state index contributed by atoms with van der Waals surface area (Å²) in [7, 11) is 0. The second-order valence-corrected chi connectivity index (χ2v) is 10.5. The number of Topliss-reactive ketones (excluding diaryl/α,β-unsaturated/α-hetero) is 1. The molecule has 0 saturated heterocycles. The number of ketones is 1. The number of ether oxygens (including phenoxy) is 1. The summed E-state index contributed by atoms with van der Waals surface area (Å²) in [4.78, 5) is 24.7. The third-order valence-electron chi connectivity index (χ3n) is 6.80. The third-order valence-corrected chi connectivity index (χ3v) is 6.80. The highest BCUT2D eigenvalue weighted by molar-refractivity contribution is 6.00. The molecule has 3 heteroatoms. The van der Waals surface area contributed by atoms with Crippen LogP contribution in [0.1, 0.15) is 134 Å². The van der Waals surface area contributed by atoms with Gasteiger partial charge in [-0.1, -0.05) is 116 Å². The van der Waals surface area contributed by atoms with Gasteiger partial charge in [-0.15, -0.1) is 0 Å². The Morgan fingerprint density at radius 1 is 0.686 bits per heavy atom. The monoisotopic (exact) mass is 480 g/mol. The van der Waals surface area contributed by atoms with E-state index in [1.807, 2.05) is 36.4 Å². The van der Waals surface area contributed by atoms with Crippen molar-refractivity contribution >= 4 is 22.5 Å². The first-order chi connectivity index (χ1) is 17.0. The molecule has 194 valence electrons. The van der Waals surface area contributed by atoms with E-state index in [1.165, 1.54) is 70.6 Å². The normalized spacial score (nSPS) is 11.3. The van der Waals surface area contributed by atoms with Crippen LogP contribution in [-0.2, 0) is 4.79 Å². The molecule has 0 heterocycles. The van der Waals surface area contributed by atoms with Gasteiger partial charge >= 0.3 is 5.97 Å². The van der Waals surface area contributed by atoms with Crippen molar-refractivity contribution in [3.05, 3.63) is 42.0 Å². The molecule has 0 fully saturated rings. The van der Waals surface area contributed by atoms with E-state index in [0.29, 0.717) is 24.5 Å². The molecule has 2 rings (SSSR count). The van der Waals surface area contributed by atoms with E-state index in [9.17, 15) is 9.59 Å². The fourth-order valence-corrected chi connectivity index (χ4v) is 4.49. The largest absolute Gasteiger partial charge is 0.427 e. The third kappa shape index (κ3) is 12.4. The van der Waals surface area contributed by atoms with Gasteiger partial charge < -0.3 is 4.74 Å². The summed E-state index contributed by atoms with van der Waals surface area (Å²) >= 11 is 0. The minimum Gasteiger partial charge on any atom is -0.427 e. The van der Waals surface area contributed by atoms with E-state index in [1.54, 1.807) is 0 Å². The van der Waals surface area contributed by atoms with Gasteiger partial charge in [0.05, 0.1) is 0 Å². The summed E-state index contributed by atoms with van der Waals surface area (Å²) in [6.07, 6.45) is 18.8. The Balaban J connectivity index is 1.60. The van der Waals surface area contributed by atoms with Crippen LogP contribution >= 0.6 is 0 Å². The number of hydrogen-bond acceptors (Lipinski definition) is 3. The minimum absolute atomic E-state index is 0.159. The maximum Gasteiger partial charge on any atom is 0.311 e. The lowest BCUT2D eigenvalue weighted by molar-refractivity contribution is -0.134. The van der Waals surface area contributed by atoms with Gasteiger partial charge in [0, 0.05) is 18.4 Å². The Bertz CT molecular complexity index is 884. The molecule has 0 aliphatic rings. The standard InChI is InChI=1S/C32H48O3/c1-4-5-6-7-8-9-10-11-12-13-14-15-16-17-32(34)35-30-22-21-27-24-29(20-19-28(27)25-30)31(33)23-18-26(2)3/h19-22,24-26H,4-18,23H2,1-3H3. The summed E-state index contributed by atoms with van der Waals surface area (Å²) in [5.41, 5.74) is 0.755. The summed E-state index contributed by atoms with van der Waals surface area (Å²) < 4.78 is 5.57. The van der Waals surface area contributed by atoms with Crippen LogP contribution in [0, 0.1) is 5.92 Å². The lowest BCUT2D eigenvalue weighted by Gasteiger charge is -2.08. The Kier molecular flexibility index (Phi) is 14.4. The molecule has 0 aromatic heterocycles. The van der Waals surface area contributed by atoms with Crippen molar-refractivity contribution < 1.29 is 14.3 Å². The number of benzene rings is 2. The summed E-state index contributed by atoms with van der Waals surface area (Å²) in [5.74, 6) is 1.13. The molecule has 0 bridgehead atoms. The molecule has 0 amide bonds. The summed E-state index contributed by atoms with van der Waals surface area (Å²) in [6, 6.07) is 11.4. The maximum atomic E-state index is 12.4. The van der Waals surface area contributed by atoms with E-state index >= 15 is 0 Å². The fraction of sp³-hybridized carbons (Fsp3) is 0.625. The van der Waals surface area contributed by atoms with E-state index in [2.05, 4.69) is 20.8 Å². The number of fused-ring (bicyclic) bond motifs is 1. The zero-order valence-electron chi connectivity index (χ0n) is 22.6. The lowest BCUT2D eigenvalue weighted by Crippen LogP contribution is -2.07. The molecule has 0 unspecified atom stereocenters. The number of carbonyl (C=O) groups excluding carboxylic acids is 2. The molecule has 35 heavy (non-hydrogen) atoms. The van der Waals surface area contributed by atoms with Crippen LogP contribution in [0.2, 0.25) is 0 Å². The molecule has 2 aromatic rings. The van der Waals surface area contributed by atoms with Crippen molar-refractivity contribution in [3.63, 3.8) is 0 Å². The molecule has 0 radical (unpaired) electrons. The van der Waals surface area contributed by atoms with Gasteiger partial charge in [-0.3, -0.25) is 9.59 Å². The van der Waals surface area contributed by atoms with Crippen LogP contribution in [0.4, 0.5) is 0 Å². The van der Waals surface area contributed by atoms with Crippen molar-refractivity contribution in [3.8, 4) is 5.75 Å². The smallest absolute Gasteiger partial charge is 0.311 e. The molecular weight excluding hydrogens is 432 g/mol. The lowest BCUT2D eigenvalue weighted by atomic mass is 9.99. The number of rotatable bonds is 19. The van der Waals surface area contributed by atoms with Crippen LogP contribution in [0.15, 0.2) is 36.4 Å². The molecule has 0 aliphatic heterocycles. The minimum atomic E-state index is -0.159. The summed E-state index contributed by atoms with van der Waals surface area (Å²) in [5, 5.41) is 1.98. The van der Waals surface area contributed by atoms with Gasteiger partial charge in [-0.05, 0) is 47.7 Å². The maximum absolute atomic E-state index is 12.4. The van der Waals surface area contributed by atoms with Crippen molar-refractivity contribution in [2.75, 3.05) is 0 Å². The fourth-order valence-electron chi connectivity index (χ4n) is 4.49. The topological polar surface area (TPSA) is 43.4 Å². The van der Waals surface area contributed by atoms with Gasteiger partial charge in [0.15, 0.2) is 5.78 Å². The van der Waals surface area contributed by atoms with Crippen LogP contribution in [0.3, 0.4) is 0 Å². The molecular formula is C32H48O3. The average Bonchev–Trinajstić information content (AvgIpc) is 2.85. The van der Waals surface area contributed by atoms with Crippen LogP contribution in [0.5, 0.6) is 5.75 Å². The van der Waals surface area contributed by atoms with E-state index in [4.69, 9.17) is 4.74 Å². The molecule has 0 aliphatic carbocycles. The predicted octanol–water partition coefficient (Wildman–Crippen LogP) is 9.85. The van der Waals surface area contributed by atoms with E-state index < -0.39 is 0 Å². The number of hydrogen-bond donors (Lipinski definition) is 0. The van der Waals surface area contributed by atoms with Crippen LogP contribution < -0.4 is 4.74 Å². The Morgan fingerprint density at radius 3 is 1.83 bits per heavy atom. The predicted molar refractivity (Wildman–Crippen MR) is 148 cm³/mol. The van der Waals surface area contributed by atoms with Gasteiger partial charge in [0.25, 0.3) is 0 Å². The van der Waals surface area contributed by atoms with Crippen molar-refractivity contribution in [1.82, 2.24) is 0 Å². The highest BCUT2D eigenvalue weighted by atomic mass is 16.5. The van der Waals surface area contributed by atoms with Gasteiger partial charge in [0.1, 0.15) is 5.75 Å². The highest BCUT2D eigenvalue weighted by Crippen LogP contribution is 2.24. The van der Waals surface area contributed by atoms with Crippen molar-refractivity contribution in [1.29, 1.82) is 0 Å². The quantitative estimate of drug-likeness (QED) is 0.0869. The van der Waals surface area contributed by atoms with Gasteiger partial charge in [-0.25, -0.2) is 0 Å². The zero-order chi connectivity index (χ0) is 25.3. The number of unbranched alkanes of at least 4 members (excludes halogenated alkanes) is 12. The van der Waals surface area contributed by atoms with Crippen molar-refractivity contribution in [2.24, 2.45) is 5.92 Å². The average molecular weight is 481 g/mol. The summed E-state index contributed by atoms with van der Waals surface area (Å²) in [6.45, 7) is 6.54. The molecule has 2 aromatic carbocycles. The first-order valence-corrected chi connectivity index (χ1v) is 14.3. The Morgan fingerprint density at radius 2 is 1.23 bits per heavy atom. The Hall–Kier alpha value is -2.16. The van der Waals surface area contributed by atoms with E-state index in [-0.39, 0.29) is 11.8 Å². The van der Waals surface area contributed by atoms with Gasteiger partial charge in [0.2, 0.25) is 0 Å². The molecule has 0 saturated carbocycles. The zero-order valence-corrected chi connectivity index (χ0v) is 22.6. The second kappa shape index (κ2) is 17.3. The number of carbonyl (C=O) groups is 2. The van der Waals surface area contributed by atoms with Gasteiger partial charge in [-0.2, -0.15) is 0 Å². The first kappa shape index (κ1) is 29.1. The molecule has 0 N–H and O–H groups in total. The first-order valence-electron chi connectivity index (χ1n) is 14.3. The molecule has 0 spiro atoms. The Labute approximate surface area is 214 Å². The number of esters is 1.